The first-order chi connectivity index (χ1) is 24.2. The maximum Gasteiger partial charge on any atom is 0.265 e. The van der Waals surface area contributed by atoms with Crippen molar-refractivity contribution >= 4 is 52.7 Å². The molecule has 2 aliphatic rings. The number of aromatic nitrogens is 1. The summed E-state index contributed by atoms with van der Waals surface area (Å²) in [5.41, 5.74) is 1.16. The quantitative estimate of drug-likeness (QED) is 0.0883. The Morgan fingerprint density at radius 3 is 2.43 bits per heavy atom. The van der Waals surface area contributed by atoms with E-state index in [4.69, 9.17) is 14.3 Å². The van der Waals surface area contributed by atoms with Gasteiger partial charge in [-0.2, -0.15) is 0 Å². The number of amidine groups is 1. The molecule has 276 valence electrons. The fraction of sp³-hybridized carbons (Fsp3) is 0.462. The van der Waals surface area contributed by atoms with E-state index in [0.29, 0.717) is 17.7 Å². The molecule has 0 radical (unpaired) electrons. The number of hydrogen-bond donors (Lipinski definition) is 2. The third-order valence-electron chi connectivity index (χ3n) is 9.23. The summed E-state index contributed by atoms with van der Waals surface area (Å²) >= 11 is 1.50. The molecule has 1 saturated carbocycles. The van der Waals surface area contributed by atoms with Gasteiger partial charge >= 0.3 is 0 Å². The highest BCUT2D eigenvalue weighted by Crippen LogP contribution is 2.41. The number of aryl methyl sites for hydroxylation is 1. The Morgan fingerprint density at radius 2 is 1.80 bits per heavy atom. The number of rotatable bonds is 11. The Kier molecular flexibility index (Phi) is 12.3. The summed E-state index contributed by atoms with van der Waals surface area (Å²) in [5, 5.41) is 4.17. The second kappa shape index (κ2) is 16.1. The molecule has 1 aliphatic carbocycles. The maximum atomic E-state index is 16.5. The van der Waals surface area contributed by atoms with Crippen LogP contribution in [-0.2, 0) is 31.3 Å². The summed E-state index contributed by atoms with van der Waals surface area (Å²) in [6, 6.07) is 8.92. The van der Waals surface area contributed by atoms with Crippen LogP contribution in [0, 0.1) is 11.6 Å². The van der Waals surface area contributed by atoms with Crippen molar-refractivity contribution < 1.29 is 17.2 Å². The lowest BCUT2D eigenvalue weighted by atomic mass is 9.98. The van der Waals surface area contributed by atoms with Crippen LogP contribution >= 0.6 is 11.3 Å². The molecule has 0 amide bonds. The summed E-state index contributed by atoms with van der Waals surface area (Å²) in [4.78, 5) is 11.9. The van der Waals surface area contributed by atoms with Crippen molar-refractivity contribution in [2.75, 3.05) is 23.3 Å². The van der Waals surface area contributed by atoms with E-state index in [0.717, 1.165) is 64.5 Å². The van der Waals surface area contributed by atoms with Gasteiger partial charge in [0.2, 0.25) is 0 Å². The number of allylic oxidation sites excluding steroid dienone is 3. The Balaban J connectivity index is 1.45. The van der Waals surface area contributed by atoms with Gasteiger partial charge in [-0.25, -0.2) is 22.2 Å². The van der Waals surface area contributed by atoms with Crippen LogP contribution in [0.15, 0.2) is 69.0 Å². The summed E-state index contributed by atoms with van der Waals surface area (Å²) < 4.78 is 65.3. The van der Waals surface area contributed by atoms with Crippen molar-refractivity contribution in [2.24, 2.45) is 9.36 Å². The first-order valence-electron chi connectivity index (χ1n) is 17.8. The lowest BCUT2D eigenvalue weighted by molar-refractivity contribution is 0.565. The Hall–Kier alpha value is -3.35. The third-order valence-corrected chi connectivity index (χ3v) is 16.2. The minimum absolute atomic E-state index is 0.154. The van der Waals surface area contributed by atoms with E-state index >= 15 is 4.39 Å². The average Bonchev–Trinajstić information content (AvgIpc) is 3.85. The summed E-state index contributed by atoms with van der Waals surface area (Å²) in [7, 11) is -3.34. The van der Waals surface area contributed by atoms with Gasteiger partial charge in [0, 0.05) is 35.7 Å². The molecule has 1 aromatic heterocycles. The highest BCUT2D eigenvalue weighted by Gasteiger charge is 2.29. The first-order valence-corrected chi connectivity index (χ1v) is 22.0. The fourth-order valence-corrected chi connectivity index (χ4v) is 12.5. The maximum absolute atomic E-state index is 16.5. The Labute approximate surface area is 307 Å². The number of aliphatic imine (C=N–C) groups is 1. The molecule has 5 rings (SSSR count). The molecule has 7 nitrogen and oxygen atoms in total. The van der Waals surface area contributed by atoms with E-state index in [1.807, 2.05) is 26.2 Å². The zero-order valence-corrected chi connectivity index (χ0v) is 33.2. The predicted molar refractivity (Wildman–Crippen MR) is 214 cm³/mol. The SMILES string of the molecule is CCC/C=C(/C=C\NC(C)=NC1CCS(=NC)(=C2CC2)CC1)c1sc(C(C)(C)C)nc1-c1cccc(NS(=O)(=O)c2c(F)cccc2CC)c1F. The smallest absolute Gasteiger partial charge is 0.265 e. The largest absolute Gasteiger partial charge is 0.351 e. The lowest BCUT2D eigenvalue weighted by Gasteiger charge is -2.27. The molecule has 0 bridgehead atoms. The monoisotopic (exact) mass is 755 g/mol. The number of benzene rings is 2. The molecule has 12 heteroatoms. The topological polar surface area (TPSA) is 95.8 Å². The molecule has 3 aromatic rings. The molecule has 2 aromatic carbocycles. The van der Waals surface area contributed by atoms with Gasteiger partial charge in [-0.3, -0.25) is 14.1 Å². The average molecular weight is 756 g/mol. The zero-order valence-electron chi connectivity index (χ0n) is 30.8. The molecule has 1 aliphatic heterocycles. The number of thiazole rings is 1. The molecule has 2 heterocycles. The summed E-state index contributed by atoms with van der Waals surface area (Å²) in [6.45, 7) is 12.0. The second-order valence-corrected chi connectivity index (χ2v) is 20.2. The number of nitrogens with one attached hydrogen (secondary N) is 2. The first kappa shape index (κ1) is 38.9. The fourth-order valence-electron chi connectivity index (χ4n) is 6.31. The van der Waals surface area contributed by atoms with Gasteiger partial charge in [-0.05, 0) is 85.7 Å². The van der Waals surface area contributed by atoms with Crippen LogP contribution in [0.5, 0.6) is 0 Å². The normalized spacial score (nSPS) is 20.2. The van der Waals surface area contributed by atoms with E-state index < -0.39 is 36.0 Å². The van der Waals surface area contributed by atoms with Gasteiger partial charge < -0.3 is 5.32 Å². The Morgan fingerprint density at radius 1 is 1.10 bits per heavy atom. The van der Waals surface area contributed by atoms with Crippen molar-refractivity contribution in [1.29, 1.82) is 0 Å². The number of halogens is 2. The lowest BCUT2D eigenvalue weighted by Crippen LogP contribution is -2.29. The van der Waals surface area contributed by atoms with Crippen molar-refractivity contribution in [3.05, 3.63) is 81.8 Å². The predicted octanol–water partition coefficient (Wildman–Crippen LogP) is 9.55. The van der Waals surface area contributed by atoms with Crippen LogP contribution in [-0.4, -0.2) is 48.7 Å². The number of nitrogens with zero attached hydrogens (tertiary/aromatic N) is 3. The highest BCUT2D eigenvalue weighted by atomic mass is 32.2. The minimum atomic E-state index is -4.43. The van der Waals surface area contributed by atoms with E-state index in [-0.39, 0.29) is 22.7 Å². The minimum Gasteiger partial charge on any atom is -0.351 e. The molecular weight excluding hydrogens is 705 g/mol. The molecule has 2 fully saturated rings. The standard InChI is InChI=1S/C39H51F2N5O2S3/c1-8-10-13-28(20-23-43-26(3)44-29-21-24-50(42-7,25-22-29)30-18-19-30)36-35(45-38(49-36)39(4,5)6)31-15-12-17-33(34(31)41)46-51(47,48)37-27(9-2)14-11-16-32(37)40/h11-17,20,23,29,46H,8-10,18-19,21-22,24-25H2,1-7H3,(H,43,44)/b23-20-,28-13-. The van der Waals surface area contributed by atoms with E-state index in [9.17, 15) is 12.8 Å². The molecular formula is C39H51F2N5O2S3. The van der Waals surface area contributed by atoms with Crippen LogP contribution in [0.2, 0.25) is 0 Å². The molecule has 1 saturated heterocycles. The van der Waals surface area contributed by atoms with Crippen LogP contribution < -0.4 is 10.0 Å². The summed E-state index contributed by atoms with van der Waals surface area (Å²) in [5.74, 6) is 1.46. The number of unbranched alkanes of at least 4 members (excludes halogenated alkanes) is 1. The number of sulfonamides is 1. The highest BCUT2D eigenvalue weighted by molar-refractivity contribution is 8.04. The van der Waals surface area contributed by atoms with E-state index in [1.54, 1.807) is 30.0 Å². The molecule has 0 unspecified atom stereocenters. The van der Waals surface area contributed by atoms with Crippen molar-refractivity contribution in [3.8, 4) is 11.3 Å². The van der Waals surface area contributed by atoms with Gasteiger partial charge in [0.15, 0.2) is 5.82 Å². The van der Waals surface area contributed by atoms with Crippen molar-refractivity contribution in [3.63, 3.8) is 0 Å². The second-order valence-electron chi connectivity index (χ2n) is 14.1. The van der Waals surface area contributed by atoms with Gasteiger partial charge in [-0.1, -0.05) is 65.3 Å². The molecule has 0 atom stereocenters. The van der Waals surface area contributed by atoms with Crippen LogP contribution in [0.4, 0.5) is 14.5 Å². The van der Waals surface area contributed by atoms with Gasteiger partial charge in [0.1, 0.15) is 10.7 Å². The van der Waals surface area contributed by atoms with Crippen LogP contribution in [0.1, 0.15) is 95.5 Å². The summed E-state index contributed by atoms with van der Waals surface area (Å²) in [6.07, 6.45) is 12.6. The zero-order chi connectivity index (χ0) is 37.0. The molecule has 0 spiro atoms. The van der Waals surface area contributed by atoms with Gasteiger partial charge in [0.05, 0.1) is 33.1 Å². The molecule has 51 heavy (non-hydrogen) atoms. The van der Waals surface area contributed by atoms with Crippen LogP contribution in [0.3, 0.4) is 0 Å². The van der Waals surface area contributed by atoms with Gasteiger partial charge in [-0.15, -0.1) is 20.8 Å². The van der Waals surface area contributed by atoms with Crippen molar-refractivity contribution in [2.45, 2.75) is 103 Å². The van der Waals surface area contributed by atoms with Crippen LogP contribution in [0.25, 0.3) is 16.8 Å². The van der Waals surface area contributed by atoms with Crippen molar-refractivity contribution in [1.82, 2.24) is 10.3 Å². The third kappa shape index (κ3) is 9.00. The molecule has 2 N–H and O–H groups in total. The van der Waals surface area contributed by atoms with E-state index in [1.165, 1.54) is 36.3 Å². The Bertz CT molecular complexity index is 2080. The van der Waals surface area contributed by atoms with Gasteiger partial charge in [0.25, 0.3) is 10.0 Å². The van der Waals surface area contributed by atoms with E-state index in [2.05, 4.69) is 43.8 Å². The number of hydrogen-bond acceptors (Lipinski definition) is 6. The number of anilines is 1.